The first-order chi connectivity index (χ1) is 11.3. The van der Waals surface area contributed by atoms with Crippen molar-refractivity contribution in [1.29, 1.82) is 0 Å². The third kappa shape index (κ3) is 2.57. The molecular formula is C18H14N2O3. The maximum absolute atomic E-state index is 12.5. The minimum atomic E-state index is -0.679. The van der Waals surface area contributed by atoms with Gasteiger partial charge in [-0.2, -0.15) is 0 Å². The van der Waals surface area contributed by atoms with Crippen LogP contribution in [0.5, 0.6) is 11.5 Å². The Kier molecular flexibility index (Phi) is 3.31. The number of rotatable bonds is 2. The fourth-order valence-electron chi connectivity index (χ4n) is 2.59. The zero-order valence-electron chi connectivity index (χ0n) is 12.2. The van der Waals surface area contributed by atoms with Crippen LogP contribution in [-0.4, -0.2) is 23.6 Å². The Hall–Kier alpha value is -3.08. The molecule has 0 fully saturated rings. The molecule has 0 radical (unpaired) electrons. The number of amides is 1. The molecule has 2 heterocycles. The van der Waals surface area contributed by atoms with Gasteiger partial charge in [0.05, 0.1) is 0 Å². The lowest BCUT2D eigenvalue weighted by Crippen LogP contribution is -2.40. The molecule has 0 aliphatic carbocycles. The van der Waals surface area contributed by atoms with Crippen LogP contribution in [0.1, 0.15) is 0 Å². The van der Waals surface area contributed by atoms with Crippen LogP contribution in [-0.2, 0) is 4.79 Å². The number of anilines is 1. The van der Waals surface area contributed by atoms with Gasteiger partial charge in [-0.1, -0.05) is 24.3 Å². The maximum atomic E-state index is 12.5. The normalized spacial score (nSPS) is 16.1. The summed E-state index contributed by atoms with van der Waals surface area (Å²) in [4.78, 5) is 16.6. The van der Waals surface area contributed by atoms with Crippen molar-refractivity contribution in [2.75, 3.05) is 11.9 Å². The predicted molar refractivity (Wildman–Crippen MR) is 86.7 cm³/mol. The molecule has 23 heavy (non-hydrogen) atoms. The van der Waals surface area contributed by atoms with Gasteiger partial charge in [0.25, 0.3) is 5.91 Å². The predicted octanol–water partition coefficient (Wildman–Crippen LogP) is 3.01. The van der Waals surface area contributed by atoms with E-state index in [2.05, 4.69) is 10.3 Å². The Morgan fingerprint density at radius 3 is 2.87 bits per heavy atom. The van der Waals surface area contributed by atoms with Crippen LogP contribution in [0.2, 0.25) is 0 Å². The van der Waals surface area contributed by atoms with E-state index in [1.807, 2.05) is 42.5 Å². The number of para-hydroxylation sites is 2. The van der Waals surface area contributed by atoms with E-state index in [0.29, 0.717) is 11.5 Å². The monoisotopic (exact) mass is 306 g/mol. The van der Waals surface area contributed by atoms with Crippen molar-refractivity contribution in [2.24, 2.45) is 0 Å². The quantitative estimate of drug-likeness (QED) is 0.790. The topological polar surface area (TPSA) is 60.5 Å². The number of aromatic nitrogens is 1. The largest absolute Gasteiger partial charge is 0.485 e. The van der Waals surface area contributed by atoms with Gasteiger partial charge in [-0.05, 0) is 24.3 Å². The molecule has 1 aliphatic rings. The number of ether oxygens (including phenoxy) is 2. The van der Waals surface area contributed by atoms with Gasteiger partial charge in [0.15, 0.2) is 11.5 Å². The highest BCUT2D eigenvalue weighted by Gasteiger charge is 2.27. The SMILES string of the molecule is O=C(Nc1cccc2cnccc12)[C@@H]1COc2ccccc2O1. The van der Waals surface area contributed by atoms with Gasteiger partial charge in [0.1, 0.15) is 6.61 Å². The number of carbonyl (C=O) groups excluding carboxylic acids is 1. The Morgan fingerprint density at radius 2 is 1.96 bits per heavy atom. The molecule has 0 spiro atoms. The van der Waals surface area contributed by atoms with E-state index in [1.165, 1.54) is 0 Å². The number of fused-ring (bicyclic) bond motifs is 2. The van der Waals surface area contributed by atoms with Crippen LogP contribution in [0.4, 0.5) is 5.69 Å². The second-order valence-electron chi connectivity index (χ2n) is 5.26. The average molecular weight is 306 g/mol. The van der Waals surface area contributed by atoms with E-state index in [0.717, 1.165) is 16.5 Å². The number of benzene rings is 2. The molecule has 4 rings (SSSR count). The Morgan fingerprint density at radius 1 is 1.09 bits per heavy atom. The van der Waals surface area contributed by atoms with Crippen molar-refractivity contribution < 1.29 is 14.3 Å². The van der Waals surface area contributed by atoms with Gasteiger partial charge in [0.2, 0.25) is 6.10 Å². The van der Waals surface area contributed by atoms with Crippen LogP contribution in [0.3, 0.4) is 0 Å². The first-order valence-corrected chi connectivity index (χ1v) is 7.33. The molecule has 5 heteroatoms. The van der Waals surface area contributed by atoms with Gasteiger partial charge < -0.3 is 14.8 Å². The van der Waals surface area contributed by atoms with E-state index in [4.69, 9.17) is 9.47 Å². The fourth-order valence-corrected chi connectivity index (χ4v) is 2.59. The highest BCUT2D eigenvalue weighted by molar-refractivity contribution is 6.03. The number of nitrogens with one attached hydrogen (secondary N) is 1. The molecule has 1 atom stereocenters. The molecule has 3 aromatic rings. The second kappa shape index (κ2) is 5.61. The van der Waals surface area contributed by atoms with Gasteiger partial charge in [-0.3, -0.25) is 9.78 Å². The van der Waals surface area contributed by atoms with Crippen LogP contribution in [0.15, 0.2) is 60.9 Å². The lowest BCUT2D eigenvalue weighted by molar-refractivity contribution is -0.125. The highest BCUT2D eigenvalue weighted by Crippen LogP contribution is 2.31. The molecule has 1 N–H and O–H groups in total. The highest BCUT2D eigenvalue weighted by atomic mass is 16.6. The number of hydrogen-bond donors (Lipinski definition) is 1. The molecule has 1 aromatic heterocycles. The lowest BCUT2D eigenvalue weighted by Gasteiger charge is -2.25. The summed E-state index contributed by atoms with van der Waals surface area (Å²) in [6.45, 7) is 0.190. The van der Waals surface area contributed by atoms with Gasteiger partial charge in [-0.25, -0.2) is 0 Å². The summed E-state index contributed by atoms with van der Waals surface area (Å²) in [6.07, 6.45) is 2.79. The Balaban J connectivity index is 1.56. The number of pyridine rings is 1. The van der Waals surface area contributed by atoms with Crippen molar-refractivity contribution in [1.82, 2.24) is 4.98 Å². The minimum absolute atomic E-state index is 0.190. The van der Waals surface area contributed by atoms with Gasteiger partial charge in [-0.15, -0.1) is 0 Å². The van der Waals surface area contributed by atoms with Crippen LogP contribution >= 0.6 is 0 Å². The average Bonchev–Trinajstić information content (AvgIpc) is 2.61. The fraction of sp³-hybridized carbons (Fsp3) is 0.111. The molecule has 1 aliphatic heterocycles. The summed E-state index contributed by atoms with van der Waals surface area (Å²) in [5, 5.41) is 4.82. The molecule has 5 nitrogen and oxygen atoms in total. The van der Waals surface area contributed by atoms with E-state index in [9.17, 15) is 4.79 Å². The standard InChI is InChI=1S/C18H14N2O3/c21-18(17-11-22-15-6-1-2-7-16(15)23-17)20-14-5-3-4-12-10-19-9-8-13(12)14/h1-10,17H,11H2,(H,20,21)/t17-/m0/s1. The van der Waals surface area contributed by atoms with Gasteiger partial charge in [0, 0.05) is 28.9 Å². The number of carbonyl (C=O) groups is 1. The third-order valence-electron chi connectivity index (χ3n) is 3.74. The first-order valence-electron chi connectivity index (χ1n) is 7.33. The van der Waals surface area contributed by atoms with Crippen molar-refractivity contribution >= 4 is 22.4 Å². The zero-order chi connectivity index (χ0) is 15.6. The number of hydrogen-bond acceptors (Lipinski definition) is 4. The van der Waals surface area contributed by atoms with E-state index in [-0.39, 0.29) is 12.5 Å². The molecule has 0 saturated carbocycles. The van der Waals surface area contributed by atoms with E-state index < -0.39 is 6.10 Å². The molecule has 2 aromatic carbocycles. The van der Waals surface area contributed by atoms with E-state index in [1.54, 1.807) is 18.5 Å². The lowest BCUT2D eigenvalue weighted by atomic mass is 10.1. The minimum Gasteiger partial charge on any atom is -0.485 e. The summed E-state index contributed by atoms with van der Waals surface area (Å²) in [5.41, 5.74) is 0.734. The zero-order valence-corrected chi connectivity index (χ0v) is 12.2. The van der Waals surface area contributed by atoms with Gasteiger partial charge >= 0.3 is 0 Å². The van der Waals surface area contributed by atoms with Crippen LogP contribution < -0.4 is 14.8 Å². The molecule has 114 valence electrons. The summed E-state index contributed by atoms with van der Waals surface area (Å²) >= 11 is 0. The molecule has 1 amide bonds. The van der Waals surface area contributed by atoms with Crippen LogP contribution in [0, 0.1) is 0 Å². The van der Waals surface area contributed by atoms with Crippen LogP contribution in [0.25, 0.3) is 10.8 Å². The molecule has 0 unspecified atom stereocenters. The first kappa shape index (κ1) is 13.6. The van der Waals surface area contributed by atoms with Crippen molar-refractivity contribution in [3.8, 4) is 11.5 Å². The maximum Gasteiger partial charge on any atom is 0.269 e. The molecule has 0 saturated heterocycles. The second-order valence-corrected chi connectivity index (χ2v) is 5.26. The smallest absolute Gasteiger partial charge is 0.269 e. The molecule has 0 bridgehead atoms. The Labute approximate surface area is 132 Å². The van der Waals surface area contributed by atoms with Crippen molar-refractivity contribution in [2.45, 2.75) is 6.10 Å². The Bertz CT molecular complexity index is 874. The summed E-state index contributed by atoms with van der Waals surface area (Å²) in [7, 11) is 0. The number of nitrogens with zero attached hydrogens (tertiary/aromatic N) is 1. The summed E-state index contributed by atoms with van der Waals surface area (Å²) in [5.74, 6) is 1.01. The molecular weight excluding hydrogens is 292 g/mol. The summed E-state index contributed by atoms with van der Waals surface area (Å²) in [6, 6.07) is 14.9. The van der Waals surface area contributed by atoms with Crippen molar-refractivity contribution in [3.05, 3.63) is 60.9 Å². The summed E-state index contributed by atoms with van der Waals surface area (Å²) < 4.78 is 11.3. The third-order valence-corrected chi connectivity index (χ3v) is 3.74. The van der Waals surface area contributed by atoms with E-state index >= 15 is 0 Å². The van der Waals surface area contributed by atoms with Crippen molar-refractivity contribution in [3.63, 3.8) is 0 Å².